The van der Waals surface area contributed by atoms with Gasteiger partial charge in [0.15, 0.2) is 5.78 Å². The molecule has 0 bridgehead atoms. The maximum Gasteiger partial charge on any atom is 0.317 e. The quantitative estimate of drug-likeness (QED) is 0.601. The predicted molar refractivity (Wildman–Crippen MR) is 91.6 cm³/mol. The fourth-order valence-electron chi connectivity index (χ4n) is 2.39. The molecular formula is C18H26N2O4. The summed E-state index contributed by atoms with van der Waals surface area (Å²) in [6, 6.07) is 8.08. The van der Waals surface area contributed by atoms with Gasteiger partial charge in [-0.1, -0.05) is 44.2 Å². The summed E-state index contributed by atoms with van der Waals surface area (Å²) in [7, 11) is 0. The van der Waals surface area contributed by atoms with E-state index in [0.717, 1.165) is 5.56 Å². The second kappa shape index (κ2) is 9.82. The molecule has 0 saturated heterocycles. The second-order valence-electron chi connectivity index (χ2n) is 6.32. The number of nitrogens with one attached hydrogen (secondary N) is 2. The summed E-state index contributed by atoms with van der Waals surface area (Å²) in [5, 5.41) is 14.3. The van der Waals surface area contributed by atoms with Crippen molar-refractivity contribution in [3.63, 3.8) is 0 Å². The zero-order valence-electron chi connectivity index (χ0n) is 14.4. The molecule has 2 unspecified atom stereocenters. The van der Waals surface area contributed by atoms with Gasteiger partial charge in [0.1, 0.15) is 0 Å². The van der Waals surface area contributed by atoms with Crippen molar-refractivity contribution in [1.82, 2.24) is 10.6 Å². The Balaban J connectivity index is 2.81. The van der Waals surface area contributed by atoms with Gasteiger partial charge in [0.05, 0.1) is 18.6 Å². The van der Waals surface area contributed by atoms with Gasteiger partial charge in [0.25, 0.3) is 0 Å². The number of carboxylic acids is 1. The van der Waals surface area contributed by atoms with Crippen LogP contribution in [-0.2, 0) is 20.8 Å². The molecule has 132 valence electrons. The number of carboxylic acid groups (broad SMARTS) is 1. The van der Waals surface area contributed by atoms with Crippen LogP contribution in [0.2, 0.25) is 0 Å². The van der Waals surface area contributed by atoms with E-state index in [1.54, 1.807) is 0 Å². The van der Waals surface area contributed by atoms with Gasteiger partial charge in [0, 0.05) is 0 Å². The molecule has 6 heteroatoms. The van der Waals surface area contributed by atoms with Gasteiger partial charge in [-0.25, -0.2) is 0 Å². The molecule has 1 amide bonds. The van der Waals surface area contributed by atoms with E-state index in [1.807, 2.05) is 44.2 Å². The molecule has 0 fully saturated rings. The zero-order valence-corrected chi connectivity index (χ0v) is 14.4. The number of hydrogen-bond donors (Lipinski definition) is 3. The third-order valence-corrected chi connectivity index (χ3v) is 3.61. The van der Waals surface area contributed by atoms with Gasteiger partial charge in [-0.15, -0.1) is 0 Å². The molecule has 24 heavy (non-hydrogen) atoms. The van der Waals surface area contributed by atoms with Gasteiger partial charge in [-0.3, -0.25) is 19.7 Å². The molecule has 1 aromatic rings. The van der Waals surface area contributed by atoms with Crippen molar-refractivity contribution < 1.29 is 19.5 Å². The lowest BCUT2D eigenvalue weighted by Crippen LogP contribution is -2.52. The molecule has 6 nitrogen and oxygen atoms in total. The van der Waals surface area contributed by atoms with Gasteiger partial charge < -0.3 is 10.4 Å². The summed E-state index contributed by atoms with van der Waals surface area (Å²) < 4.78 is 0. The first-order valence-electron chi connectivity index (χ1n) is 8.09. The largest absolute Gasteiger partial charge is 0.480 e. The minimum atomic E-state index is -1.04. The Morgan fingerprint density at radius 3 is 2.21 bits per heavy atom. The Kier molecular flexibility index (Phi) is 8.12. The molecule has 3 N–H and O–H groups in total. The van der Waals surface area contributed by atoms with E-state index in [0.29, 0.717) is 12.8 Å². The molecule has 0 heterocycles. The summed E-state index contributed by atoms with van der Waals surface area (Å²) in [6.07, 6.45) is 0.907. The lowest BCUT2D eigenvalue weighted by atomic mass is 9.99. The van der Waals surface area contributed by atoms with E-state index in [-0.39, 0.29) is 24.2 Å². The number of Topliss-reactive ketones (excluding diaryl/α,β-unsaturated/α-hetero) is 1. The maximum absolute atomic E-state index is 12.5. The van der Waals surface area contributed by atoms with Crippen LogP contribution in [0.3, 0.4) is 0 Å². The van der Waals surface area contributed by atoms with Gasteiger partial charge in [-0.2, -0.15) is 0 Å². The monoisotopic (exact) mass is 334 g/mol. The van der Waals surface area contributed by atoms with Crippen molar-refractivity contribution in [3.05, 3.63) is 35.9 Å². The Hall–Kier alpha value is -2.21. The van der Waals surface area contributed by atoms with Gasteiger partial charge in [-0.05, 0) is 31.2 Å². The van der Waals surface area contributed by atoms with Crippen molar-refractivity contribution in [1.29, 1.82) is 0 Å². The summed E-state index contributed by atoms with van der Waals surface area (Å²) in [5.41, 5.74) is 0.916. The number of carbonyl (C=O) groups is 3. The highest BCUT2D eigenvalue weighted by Gasteiger charge is 2.24. The highest BCUT2D eigenvalue weighted by Crippen LogP contribution is 2.08. The first kappa shape index (κ1) is 19.8. The highest BCUT2D eigenvalue weighted by molar-refractivity contribution is 5.90. The Labute approximate surface area is 142 Å². The summed E-state index contributed by atoms with van der Waals surface area (Å²) >= 11 is 0. The van der Waals surface area contributed by atoms with Crippen molar-refractivity contribution in [2.45, 2.75) is 45.7 Å². The van der Waals surface area contributed by atoms with Crippen LogP contribution >= 0.6 is 0 Å². The Morgan fingerprint density at radius 2 is 1.71 bits per heavy atom. The van der Waals surface area contributed by atoms with Gasteiger partial charge >= 0.3 is 5.97 Å². The highest BCUT2D eigenvalue weighted by atomic mass is 16.4. The second-order valence-corrected chi connectivity index (χ2v) is 6.32. The van der Waals surface area contributed by atoms with Crippen LogP contribution < -0.4 is 10.6 Å². The molecule has 0 aromatic heterocycles. The Bertz CT molecular complexity index is 557. The summed E-state index contributed by atoms with van der Waals surface area (Å²) in [5.74, 6) is -1.24. The SMILES string of the molecule is CC(=O)C(CC(C)C)NC(=O)C(Cc1ccccc1)NCC(=O)O. The number of carbonyl (C=O) groups excluding carboxylic acids is 2. The molecule has 2 atom stereocenters. The lowest BCUT2D eigenvalue weighted by molar-refractivity contribution is -0.136. The number of ketones is 1. The van der Waals surface area contributed by atoms with Gasteiger partial charge in [0.2, 0.25) is 5.91 Å². The first-order chi connectivity index (χ1) is 11.3. The van der Waals surface area contributed by atoms with E-state index in [4.69, 9.17) is 5.11 Å². The average Bonchev–Trinajstić information content (AvgIpc) is 2.50. The molecule has 0 aliphatic carbocycles. The number of rotatable bonds is 10. The molecule has 0 saturated carbocycles. The molecule has 1 rings (SSSR count). The molecule has 0 aliphatic heterocycles. The minimum absolute atomic E-state index is 0.103. The van der Waals surface area contributed by atoms with E-state index in [1.165, 1.54) is 6.92 Å². The van der Waals surface area contributed by atoms with Crippen molar-refractivity contribution >= 4 is 17.7 Å². The fraction of sp³-hybridized carbons (Fsp3) is 0.500. The fourth-order valence-corrected chi connectivity index (χ4v) is 2.39. The van der Waals surface area contributed by atoms with Crippen LogP contribution in [0.4, 0.5) is 0 Å². The van der Waals surface area contributed by atoms with Crippen LogP contribution in [0, 0.1) is 5.92 Å². The predicted octanol–water partition coefficient (Wildman–Crippen LogP) is 1.39. The Morgan fingerprint density at radius 1 is 1.08 bits per heavy atom. The number of benzene rings is 1. The van der Waals surface area contributed by atoms with E-state index in [9.17, 15) is 14.4 Å². The smallest absolute Gasteiger partial charge is 0.317 e. The minimum Gasteiger partial charge on any atom is -0.480 e. The third kappa shape index (κ3) is 7.37. The first-order valence-corrected chi connectivity index (χ1v) is 8.09. The number of amides is 1. The zero-order chi connectivity index (χ0) is 18.1. The van der Waals surface area contributed by atoms with Crippen LogP contribution in [0.25, 0.3) is 0 Å². The molecule has 0 spiro atoms. The lowest BCUT2D eigenvalue weighted by Gasteiger charge is -2.23. The molecule has 0 aliphatic rings. The number of aliphatic carboxylic acids is 1. The van der Waals surface area contributed by atoms with Crippen molar-refractivity contribution in [2.24, 2.45) is 5.92 Å². The molecule has 1 aromatic carbocycles. The van der Waals surface area contributed by atoms with Crippen LogP contribution in [0.15, 0.2) is 30.3 Å². The van der Waals surface area contributed by atoms with E-state index in [2.05, 4.69) is 10.6 Å². The third-order valence-electron chi connectivity index (χ3n) is 3.61. The topological polar surface area (TPSA) is 95.5 Å². The van der Waals surface area contributed by atoms with Crippen LogP contribution in [0.5, 0.6) is 0 Å². The van der Waals surface area contributed by atoms with Crippen molar-refractivity contribution in [2.75, 3.05) is 6.54 Å². The van der Waals surface area contributed by atoms with E-state index >= 15 is 0 Å². The van der Waals surface area contributed by atoms with Crippen LogP contribution in [0.1, 0.15) is 32.8 Å². The summed E-state index contributed by atoms with van der Waals surface area (Å²) in [6.45, 7) is 5.09. The standard InChI is InChI=1S/C18H26N2O4/c1-12(2)9-15(13(3)21)20-18(24)16(19-11-17(22)23)10-14-7-5-4-6-8-14/h4-8,12,15-16,19H,9-11H2,1-3H3,(H,20,24)(H,22,23). The molecule has 0 radical (unpaired) electrons. The average molecular weight is 334 g/mol. The normalized spacial score (nSPS) is 13.3. The number of hydrogen-bond acceptors (Lipinski definition) is 4. The summed E-state index contributed by atoms with van der Waals surface area (Å²) in [4.78, 5) is 35.1. The van der Waals surface area contributed by atoms with Crippen molar-refractivity contribution in [3.8, 4) is 0 Å². The maximum atomic E-state index is 12.5. The van der Waals surface area contributed by atoms with Crippen LogP contribution in [-0.4, -0.2) is 41.4 Å². The molecular weight excluding hydrogens is 308 g/mol. The van der Waals surface area contributed by atoms with E-state index < -0.39 is 18.1 Å².